The maximum absolute atomic E-state index is 11.9. The van der Waals surface area contributed by atoms with Gasteiger partial charge in [0.15, 0.2) is 0 Å². The van der Waals surface area contributed by atoms with E-state index in [1.165, 1.54) is 37.4 Å². The third kappa shape index (κ3) is 4.63. The highest BCUT2D eigenvalue weighted by Gasteiger charge is 2.23. The van der Waals surface area contributed by atoms with Gasteiger partial charge < -0.3 is 15.1 Å². The van der Waals surface area contributed by atoms with E-state index in [-0.39, 0.29) is 17.7 Å². The molecule has 1 aromatic heterocycles. The quantitative estimate of drug-likeness (QED) is 0.884. The zero-order valence-electron chi connectivity index (χ0n) is 13.9. The van der Waals surface area contributed by atoms with E-state index < -0.39 is 0 Å². The van der Waals surface area contributed by atoms with Crippen LogP contribution in [0.2, 0.25) is 0 Å². The maximum atomic E-state index is 11.9. The van der Waals surface area contributed by atoms with Gasteiger partial charge in [-0.05, 0) is 24.5 Å². The number of hydrogen-bond donors (Lipinski definition) is 1. The second-order valence-electron chi connectivity index (χ2n) is 6.24. The number of aromatic nitrogens is 1. The molecule has 0 radical (unpaired) electrons. The molecule has 7 heteroatoms. The molecule has 1 N–H and O–H groups in total. The van der Waals surface area contributed by atoms with Crippen molar-refractivity contribution in [3.05, 3.63) is 23.9 Å². The predicted octanol–water partition coefficient (Wildman–Crippen LogP) is 2.25. The van der Waals surface area contributed by atoms with E-state index in [2.05, 4.69) is 15.2 Å². The lowest BCUT2D eigenvalue weighted by atomic mass is 10.2. The Morgan fingerprint density at radius 1 is 1.17 bits per heavy atom. The number of anilines is 1. The first-order valence-electron chi connectivity index (χ1n) is 8.60. The molecule has 24 heavy (non-hydrogen) atoms. The van der Waals surface area contributed by atoms with Gasteiger partial charge in [-0.3, -0.25) is 9.59 Å². The molecular weight excluding hydrogens is 324 g/mol. The van der Waals surface area contributed by atoms with Crippen molar-refractivity contribution in [1.29, 1.82) is 0 Å². The topological polar surface area (TPSA) is 65.5 Å². The fourth-order valence-corrected chi connectivity index (χ4v) is 3.83. The minimum atomic E-state index is -0.123. The van der Waals surface area contributed by atoms with Crippen molar-refractivity contribution in [2.45, 2.75) is 32.2 Å². The van der Waals surface area contributed by atoms with E-state index in [0.29, 0.717) is 13.1 Å². The summed E-state index contributed by atoms with van der Waals surface area (Å²) in [6, 6.07) is 4.05. The molecule has 3 heterocycles. The van der Waals surface area contributed by atoms with Gasteiger partial charge in [0.25, 0.3) is 5.24 Å². The fourth-order valence-electron chi connectivity index (χ4n) is 3.01. The van der Waals surface area contributed by atoms with E-state index in [1.54, 1.807) is 4.90 Å². The number of hydrogen-bond acceptors (Lipinski definition) is 5. The molecule has 0 aromatic carbocycles. The molecule has 2 aliphatic heterocycles. The van der Waals surface area contributed by atoms with Crippen molar-refractivity contribution in [1.82, 2.24) is 15.2 Å². The Morgan fingerprint density at radius 2 is 1.96 bits per heavy atom. The summed E-state index contributed by atoms with van der Waals surface area (Å²) in [6.07, 6.45) is 6.90. The number of rotatable bonds is 5. The van der Waals surface area contributed by atoms with Gasteiger partial charge in [0.05, 0.1) is 0 Å². The molecule has 0 spiro atoms. The molecule has 0 atom stereocenters. The normalized spacial score (nSPS) is 18.6. The fraction of sp³-hybridized carbons (Fsp3) is 0.588. The molecule has 130 valence electrons. The highest BCUT2D eigenvalue weighted by molar-refractivity contribution is 8.13. The highest BCUT2D eigenvalue weighted by atomic mass is 32.2. The summed E-state index contributed by atoms with van der Waals surface area (Å²) in [5, 5.41) is 2.85. The van der Waals surface area contributed by atoms with E-state index in [1.807, 2.05) is 18.3 Å². The Bertz CT molecular complexity index is 570. The van der Waals surface area contributed by atoms with Crippen LogP contribution in [0.4, 0.5) is 10.6 Å². The minimum absolute atomic E-state index is 0.00591. The highest BCUT2D eigenvalue weighted by Crippen LogP contribution is 2.18. The third-order valence-corrected chi connectivity index (χ3v) is 5.30. The van der Waals surface area contributed by atoms with Crippen LogP contribution < -0.4 is 10.2 Å². The zero-order valence-corrected chi connectivity index (χ0v) is 14.7. The van der Waals surface area contributed by atoms with Crippen LogP contribution in [-0.2, 0) is 11.3 Å². The lowest BCUT2D eigenvalue weighted by Gasteiger charge is -2.21. The molecule has 0 saturated carbocycles. The van der Waals surface area contributed by atoms with Crippen molar-refractivity contribution in [3.8, 4) is 0 Å². The van der Waals surface area contributed by atoms with Gasteiger partial charge >= 0.3 is 0 Å². The summed E-state index contributed by atoms with van der Waals surface area (Å²) in [4.78, 5) is 31.9. The Hall–Kier alpha value is -1.76. The predicted molar refractivity (Wildman–Crippen MR) is 96.2 cm³/mol. The van der Waals surface area contributed by atoms with Crippen molar-refractivity contribution in [2.24, 2.45) is 0 Å². The van der Waals surface area contributed by atoms with E-state index >= 15 is 0 Å². The Kier molecular flexibility index (Phi) is 5.96. The van der Waals surface area contributed by atoms with Crippen molar-refractivity contribution in [3.63, 3.8) is 0 Å². The average molecular weight is 348 g/mol. The SMILES string of the molecule is O=C(CN1CCSC1=O)NCc1ccc(N2CCCCCC2)nc1. The molecular formula is C17H24N4O2S. The van der Waals surface area contributed by atoms with Crippen LogP contribution in [0.1, 0.15) is 31.2 Å². The number of pyridine rings is 1. The van der Waals surface area contributed by atoms with Gasteiger partial charge in [-0.25, -0.2) is 4.98 Å². The van der Waals surface area contributed by atoms with Crippen LogP contribution in [0.15, 0.2) is 18.3 Å². The van der Waals surface area contributed by atoms with E-state index in [9.17, 15) is 9.59 Å². The van der Waals surface area contributed by atoms with Crippen LogP contribution in [0, 0.1) is 0 Å². The Balaban J connectivity index is 1.47. The summed E-state index contributed by atoms with van der Waals surface area (Å²) in [5.41, 5.74) is 0.976. The van der Waals surface area contributed by atoms with Crippen molar-refractivity contribution < 1.29 is 9.59 Å². The lowest BCUT2D eigenvalue weighted by molar-refractivity contribution is -0.121. The number of nitrogens with one attached hydrogen (secondary N) is 1. The van der Waals surface area contributed by atoms with Gasteiger partial charge in [0.1, 0.15) is 12.4 Å². The Labute approximate surface area is 147 Å². The second-order valence-corrected chi connectivity index (χ2v) is 7.28. The van der Waals surface area contributed by atoms with Crippen molar-refractivity contribution in [2.75, 3.05) is 36.8 Å². The molecule has 2 saturated heterocycles. The lowest BCUT2D eigenvalue weighted by Crippen LogP contribution is -2.37. The monoisotopic (exact) mass is 348 g/mol. The van der Waals surface area contributed by atoms with Crippen LogP contribution in [0.3, 0.4) is 0 Å². The molecule has 1 aromatic rings. The second kappa shape index (κ2) is 8.37. The summed E-state index contributed by atoms with van der Waals surface area (Å²) in [5.74, 6) is 1.67. The number of amides is 2. The van der Waals surface area contributed by atoms with Crippen LogP contribution in [0.25, 0.3) is 0 Å². The molecule has 2 amide bonds. The molecule has 0 unspecified atom stereocenters. The Morgan fingerprint density at radius 3 is 2.58 bits per heavy atom. The molecule has 3 rings (SSSR count). The first kappa shape index (κ1) is 17.1. The standard InChI is InChI=1S/C17H24N4O2S/c22-16(13-21-9-10-24-17(21)23)19-12-14-5-6-15(18-11-14)20-7-3-1-2-4-8-20/h5-6,11H,1-4,7-10,12-13H2,(H,19,22). The zero-order chi connectivity index (χ0) is 16.8. The first-order valence-corrected chi connectivity index (χ1v) is 9.59. The molecule has 0 aliphatic carbocycles. The summed E-state index contributed by atoms with van der Waals surface area (Å²) in [6.45, 7) is 3.39. The molecule has 6 nitrogen and oxygen atoms in total. The number of carbonyl (C=O) groups is 2. The summed E-state index contributed by atoms with van der Waals surface area (Å²) < 4.78 is 0. The van der Waals surface area contributed by atoms with Gasteiger partial charge in [-0.2, -0.15) is 0 Å². The van der Waals surface area contributed by atoms with E-state index in [4.69, 9.17) is 0 Å². The first-order chi connectivity index (χ1) is 11.7. The minimum Gasteiger partial charge on any atom is -0.357 e. The third-order valence-electron chi connectivity index (χ3n) is 4.41. The van der Waals surface area contributed by atoms with Gasteiger partial charge in [-0.15, -0.1) is 0 Å². The molecule has 0 bridgehead atoms. The summed E-state index contributed by atoms with van der Waals surface area (Å²) in [7, 11) is 0. The van der Waals surface area contributed by atoms with E-state index in [0.717, 1.165) is 30.2 Å². The number of thioether (sulfide) groups is 1. The smallest absolute Gasteiger partial charge is 0.282 e. The van der Waals surface area contributed by atoms with Crippen LogP contribution in [0.5, 0.6) is 0 Å². The molecule has 2 aliphatic rings. The molecule has 2 fully saturated rings. The van der Waals surface area contributed by atoms with Crippen LogP contribution >= 0.6 is 11.8 Å². The average Bonchev–Trinajstić information content (AvgIpc) is 2.85. The maximum Gasteiger partial charge on any atom is 0.282 e. The number of carbonyl (C=O) groups excluding carboxylic acids is 2. The van der Waals surface area contributed by atoms with Gasteiger partial charge in [-0.1, -0.05) is 30.7 Å². The van der Waals surface area contributed by atoms with Crippen LogP contribution in [-0.4, -0.2) is 53.0 Å². The van der Waals surface area contributed by atoms with Gasteiger partial charge in [0, 0.05) is 38.1 Å². The number of nitrogens with zero attached hydrogens (tertiary/aromatic N) is 3. The largest absolute Gasteiger partial charge is 0.357 e. The summed E-state index contributed by atoms with van der Waals surface area (Å²) >= 11 is 1.27. The van der Waals surface area contributed by atoms with Crippen molar-refractivity contribution >= 4 is 28.7 Å². The van der Waals surface area contributed by atoms with Gasteiger partial charge in [0.2, 0.25) is 5.91 Å².